The van der Waals surface area contributed by atoms with Gasteiger partial charge in [-0.3, -0.25) is 4.98 Å². The third-order valence-electron chi connectivity index (χ3n) is 7.08. The van der Waals surface area contributed by atoms with Gasteiger partial charge in [0.15, 0.2) is 5.11 Å². The average molecular weight is 543 g/mol. The summed E-state index contributed by atoms with van der Waals surface area (Å²) in [6.45, 7) is 4.08. The predicted molar refractivity (Wildman–Crippen MR) is 154 cm³/mol. The molecular weight excluding hydrogens is 512 g/mol. The van der Waals surface area contributed by atoms with Crippen LogP contribution in [0.1, 0.15) is 45.1 Å². The third kappa shape index (κ3) is 4.59. The van der Waals surface area contributed by atoms with E-state index >= 15 is 0 Å². The molecule has 0 aliphatic carbocycles. The predicted octanol–water partition coefficient (Wildman–Crippen LogP) is 5.47. The van der Waals surface area contributed by atoms with Gasteiger partial charge in [0.1, 0.15) is 11.5 Å². The molecule has 1 fully saturated rings. The molecule has 3 heterocycles. The Hall–Kier alpha value is -4.37. The number of anilines is 1. The Balaban J connectivity index is 1.72. The Morgan fingerprint density at radius 2 is 1.72 bits per heavy atom. The van der Waals surface area contributed by atoms with Gasteiger partial charge in [0.2, 0.25) is 0 Å². The molecular formula is C30H30N4O4S. The number of pyridine rings is 1. The molecule has 0 spiro atoms. The van der Waals surface area contributed by atoms with Crippen LogP contribution in [-0.4, -0.2) is 42.0 Å². The summed E-state index contributed by atoms with van der Waals surface area (Å²) < 4.78 is 18.4. The van der Waals surface area contributed by atoms with Crippen molar-refractivity contribution in [3.8, 4) is 17.2 Å². The highest BCUT2D eigenvalue weighted by molar-refractivity contribution is 7.80. The maximum absolute atomic E-state index is 12.6. The Bertz CT molecular complexity index is 1540. The number of nitrogens with zero attached hydrogens (tertiary/aromatic N) is 3. The first-order chi connectivity index (χ1) is 18.9. The molecule has 200 valence electrons. The Labute approximate surface area is 233 Å². The molecule has 0 radical (unpaired) electrons. The monoisotopic (exact) mass is 542 g/mol. The van der Waals surface area contributed by atoms with Crippen molar-refractivity contribution in [2.24, 2.45) is 0 Å². The van der Waals surface area contributed by atoms with Crippen molar-refractivity contribution in [2.75, 3.05) is 26.2 Å². The van der Waals surface area contributed by atoms with Crippen LogP contribution in [0.3, 0.4) is 0 Å². The molecule has 2 aromatic carbocycles. The van der Waals surface area contributed by atoms with Crippen LogP contribution in [0.2, 0.25) is 0 Å². The highest BCUT2D eigenvalue weighted by Gasteiger charge is 2.43. The molecule has 1 N–H and O–H groups in total. The van der Waals surface area contributed by atoms with E-state index in [0.29, 0.717) is 22.2 Å². The SMILES string of the molecule is COC(=O)c1ccccc1-n1c(C)cc(C2C(c3ccccn3)NC(=S)N2c2ccc(OC)cc2OC)c1C. The topological polar surface area (TPSA) is 77.9 Å². The van der Waals surface area contributed by atoms with Gasteiger partial charge in [-0.2, -0.15) is 0 Å². The van der Waals surface area contributed by atoms with E-state index in [4.69, 9.17) is 26.4 Å². The summed E-state index contributed by atoms with van der Waals surface area (Å²) in [6.07, 6.45) is 1.78. The van der Waals surface area contributed by atoms with Gasteiger partial charge < -0.3 is 29.0 Å². The Kier molecular flexibility index (Phi) is 7.26. The van der Waals surface area contributed by atoms with Crippen LogP contribution in [0.5, 0.6) is 11.5 Å². The van der Waals surface area contributed by atoms with E-state index < -0.39 is 0 Å². The van der Waals surface area contributed by atoms with Crippen molar-refractivity contribution >= 4 is 29.0 Å². The zero-order valence-electron chi connectivity index (χ0n) is 22.5. The maximum Gasteiger partial charge on any atom is 0.339 e. The fourth-order valence-corrected chi connectivity index (χ4v) is 5.66. The van der Waals surface area contributed by atoms with Crippen molar-refractivity contribution in [1.82, 2.24) is 14.9 Å². The maximum atomic E-state index is 12.6. The number of carbonyl (C=O) groups is 1. The lowest BCUT2D eigenvalue weighted by Crippen LogP contribution is -2.30. The summed E-state index contributed by atoms with van der Waals surface area (Å²) in [5.74, 6) is 0.929. The lowest BCUT2D eigenvalue weighted by Gasteiger charge is -2.29. The van der Waals surface area contributed by atoms with Crippen LogP contribution in [0.15, 0.2) is 72.9 Å². The molecule has 2 atom stereocenters. The van der Waals surface area contributed by atoms with E-state index in [2.05, 4.69) is 32.8 Å². The second kappa shape index (κ2) is 10.8. The number of hydrogen-bond donors (Lipinski definition) is 1. The minimum absolute atomic E-state index is 0.240. The molecule has 4 aromatic rings. The van der Waals surface area contributed by atoms with E-state index in [-0.39, 0.29) is 18.1 Å². The van der Waals surface area contributed by atoms with Crippen LogP contribution in [0, 0.1) is 13.8 Å². The van der Waals surface area contributed by atoms with Crippen molar-refractivity contribution in [1.29, 1.82) is 0 Å². The smallest absolute Gasteiger partial charge is 0.339 e. The largest absolute Gasteiger partial charge is 0.497 e. The lowest BCUT2D eigenvalue weighted by molar-refractivity contribution is 0.0600. The fraction of sp³-hybridized carbons (Fsp3) is 0.233. The van der Waals surface area contributed by atoms with Gasteiger partial charge in [-0.05, 0) is 74.1 Å². The van der Waals surface area contributed by atoms with E-state index in [9.17, 15) is 4.79 Å². The molecule has 2 aromatic heterocycles. The van der Waals surface area contributed by atoms with E-state index in [1.165, 1.54) is 7.11 Å². The molecule has 0 amide bonds. The zero-order valence-corrected chi connectivity index (χ0v) is 23.3. The summed E-state index contributed by atoms with van der Waals surface area (Å²) in [4.78, 5) is 19.4. The van der Waals surface area contributed by atoms with Crippen molar-refractivity contribution in [3.63, 3.8) is 0 Å². The summed E-state index contributed by atoms with van der Waals surface area (Å²) >= 11 is 5.92. The standard InChI is InChI=1S/C30H30N4O4S/c1-18-16-22(19(2)33(18)24-12-7-6-10-21(24)29(35)38-5)28-27(23-11-8-9-15-31-23)32-30(39)34(28)25-14-13-20(36-3)17-26(25)37-4/h6-17,27-28H,1-5H3,(H,32,39). The number of thiocarbonyl (C=S) groups is 1. The number of aryl methyl sites for hydroxylation is 1. The third-order valence-corrected chi connectivity index (χ3v) is 7.40. The Morgan fingerprint density at radius 3 is 2.41 bits per heavy atom. The number of para-hydroxylation sites is 1. The normalized spacial score (nSPS) is 16.6. The molecule has 39 heavy (non-hydrogen) atoms. The zero-order chi connectivity index (χ0) is 27.7. The minimum Gasteiger partial charge on any atom is -0.497 e. The Morgan fingerprint density at radius 1 is 0.949 bits per heavy atom. The number of esters is 1. The van der Waals surface area contributed by atoms with Crippen molar-refractivity contribution in [3.05, 3.63) is 101 Å². The number of benzene rings is 2. The highest BCUT2D eigenvalue weighted by Crippen LogP contribution is 2.47. The molecule has 9 heteroatoms. The summed E-state index contributed by atoms with van der Waals surface area (Å²) in [7, 11) is 4.64. The molecule has 2 unspecified atom stereocenters. The van der Waals surface area contributed by atoms with E-state index in [1.807, 2.05) is 61.5 Å². The lowest BCUT2D eigenvalue weighted by atomic mass is 9.96. The first kappa shape index (κ1) is 26.2. The average Bonchev–Trinajstić information content (AvgIpc) is 3.46. The summed E-state index contributed by atoms with van der Waals surface area (Å²) in [5.41, 5.74) is 5.88. The number of aromatic nitrogens is 2. The van der Waals surface area contributed by atoms with Gasteiger partial charge in [-0.1, -0.05) is 18.2 Å². The summed E-state index contributed by atoms with van der Waals surface area (Å²) in [5, 5.41) is 4.06. The van der Waals surface area contributed by atoms with E-state index in [1.54, 1.807) is 26.5 Å². The van der Waals surface area contributed by atoms with Crippen LogP contribution >= 0.6 is 12.2 Å². The molecule has 1 aliphatic rings. The van der Waals surface area contributed by atoms with Gasteiger partial charge >= 0.3 is 5.97 Å². The second-order valence-corrected chi connectivity index (χ2v) is 9.59. The van der Waals surface area contributed by atoms with Gasteiger partial charge in [0, 0.05) is 23.7 Å². The van der Waals surface area contributed by atoms with Crippen LogP contribution < -0.4 is 19.7 Å². The van der Waals surface area contributed by atoms with Crippen molar-refractivity contribution < 1.29 is 19.0 Å². The van der Waals surface area contributed by atoms with Gasteiger partial charge in [0.05, 0.1) is 56.0 Å². The molecule has 8 nitrogen and oxygen atoms in total. The number of carbonyl (C=O) groups excluding carboxylic acids is 1. The first-order valence-corrected chi connectivity index (χ1v) is 12.9. The quantitative estimate of drug-likeness (QED) is 0.243. The first-order valence-electron chi connectivity index (χ1n) is 12.5. The fourth-order valence-electron chi connectivity index (χ4n) is 5.32. The molecule has 0 bridgehead atoms. The number of hydrogen-bond acceptors (Lipinski definition) is 6. The molecule has 1 aliphatic heterocycles. The van der Waals surface area contributed by atoms with E-state index in [0.717, 1.165) is 34.0 Å². The second-order valence-electron chi connectivity index (χ2n) is 9.20. The van der Waals surface area contributed by atoms with Gasteiger partial charge in [0.25, 0.3) is 0 Å². The minimum atomic E-state index is -0.390. The molecule has 1 saturated heterocycles. The molecule has 0 saturated carbocycles. The molecule has 5 rings (SSSR count). The number of methoxy groups -OCH3 is 3. The van der Waals surface area contributed by atoms with Gasteiger partial charge in [-0.15, -0.1) is 0 Å². The highest BCUT2D eigenvalue weighted by atomic mass is 32.1. The number of rotatable bonds is 7. The van der Waals surface area contributed by atoms with Crippen LogP contribution in [-0.2, 0) is 4.74 Å². The van der Waals surface area contributed by atoms with Crippen molar-refractivity contribution in [2.45, 2.75) is 25.9 Å². The number of ether oxygens (including phenoxy) is 3. The van der Waals surface area contributed by atoms with Gasteiger partial charge in [-0.25, -0.2) is 4.79 Å². The van der Waals surface area contributed by atoms with Crippen LogP contribution in [0.25, 0.3) is 5.69 Å². The number of nitrogens with one attached hydrogen (secondary N) is 1. The summed E-state index contributed by atoms with van der Waals surface area (Å²) in [6, 6.07) is 20.6. The van der Waals surface area contributed by atoms with Crippen LogP contribution in [0.4, 0.5) is 5.69 Å².